The summed E-state index contributed by atoms with van der Waals surface area (Å²) in [5.74, 6) is 0.721. The summed E-state index contributed by atoms with van der Waals surface area (Å²) in [5.41, 5.74) is 3.38. The molecule has 1 atom stereocenters. The van der Waals surface area contributed by atoms with Crippen LogP contribution in [0.25, 0.3) is 22.3 Å². The number of anilines is 1. The van der Waals surface area contributed by atoms with Crippen molar-refractivity contribution in [2.45, 2.75) is 25.0 Å². The van der Waals surface area contributed by atoms with Gasteiger partial charge in [-0.2, -0.15) is 5.10 Å². The first-order valence-corrected chi connectivity index (χ1v) is 10.2. The summed E-state index contributed by atoms with van der Waals surface area (Å²) in [4.78, 5) is 13.8. The predicted molar refractivity (Wildman–Crippen MR) is 109 cm³/mol. The summed E-state index contributed by atoms with van der Waals surface area (Å²) in [7, 11) is 0. The molecule has 0 amide bonds. The van der Waals surface area contributed by atoms with E-state index >= 15 is 0 Å². The lowest BCUT2D eigenvalue weighted by atomic mass is 10.1. The Hall–Kier alpha value is -2.62. The van der Waals surface area contributed by atoms with E-state index in [0.29, 0.717) is 12.6 Å². The maximum Gasteiger partial charge on any atom is 0.154 e. The Balaban J connectivity index is 1.42. The highest BCUT2D eigenvalue weighted by Crippen LogP contribution is 2.27. The third kappa shape index (κ3) is 4.07. The van der Waals surface area contributed by atoms with E-state index in [1.807, 2.05) is 16.9 Å². The molecule has 0 aromatic carbocycles. The number of hydrogen-bond acceptors (Lipinski definition) is 8. The van der Waals surface area contributed by atoms with Gasteiger partial charge in [-0.15, -0.1) is 0 Å². The maximum atomic E-state index is 5.78. The molecule has 0 aliphatic carbocycles. The first-order valence-electron chi connectivity index (χ1n) is 10.2. The maximum absolute atomic E-state index is 5.78. The number of hydrogen-bond donors (Lipinski definition) is 2. The van der Waals surface area contributed by atoms with Gasteiger partial charge < -0.3 is 20.1 Å². The highest BCUT2D eigenvalue weighted by atomic mass is 16.5. The van der Waals surface area contributed by atoms with Gasteiger partial charge in [0, 0.05) is 57.0 Å². The number of ether oxygens (including phenoxy) is 2. The second kappa shape index (κ2) is 8.40. The lowest BCUT2D eigenvalue weighted by molar-refractivity contribution is 0.0372. The molecule has 9 nitrogen and oxygen atoms in total. The van der Waals surface area contributed by atoms with Crippen LogP contribution in [0.1, 0.15) is 18.9 Å². The van der Waals surface area contributed by atoms with E-state index in [2.05, 4.69) is 31.9 Å². The molecule has 0 radical (unpaired) electrons. The van der Waals surface area contributed by atoms with Gasteiger partial charge in [-0.25, -0.2) is 9.97 Å². The Morgan fingerprint density at radius 1 is 1.17 bits per heavy atom. The molecule has 1 unspecified atom stereocenters. The Kier molecular flexibility index (Phi) is 5.33. The highest BCUT2D eigenvalue weighted by Gasteiger charge is 2.19. The quantitative estimate of drug-likeness (QED) is 0.673. The van der Waals surface area contributed by atoms with Crippen LogP contribution in [0, 0.1) is 0 Å². The van der Waals surface area contributed by atoms with Crippen LogP contribution >= 0.6 is 0 Å². The molecule has 2 N–H and O–H groups in total. The Bertz CT molecular complexity index is 964. The normalized spacial score (nSPS) is 20.8. The first-order chi connectivity index (χ1) is 14.4. The number of nitrogens with zero attached hydrogens (tertiary/aromatic N) is 5. The van der Waals surface area contributed by atoms with Crippen LogP contribution in [-0.4, -0.2) is 70.3 Å². The molecule has 0 spiro atoms. The van der Waals surface area contributed by atoms with E-state index in [-0.39, 0.29) is 6.10 Å². The smallest absolute Gasteiger partial charge is 0.154 e. The zero-order chi connectivity index (χ0) is 19.5. The van der Waals surface area contributed by atoms with Crippen molar-refractivity contribution in [2.24, 2.45) is 0 Å². The van der Waals surface area contributed by atoms with Gasteiger partial charge in [0.15, 0.2) is 5.82 Å². The van der Waals surface area contributed by atoms with E-state index in [0.717, 1.165) is 73.9 Å². The molecule has 2 aliphatic rings. The van der Waals surface area contributed by atoms with Crippen LogP contribution in [0.5, 0.6) is 0 Å². The van der Waals surface area contributed by atoms with Crippen molar-refractivity contribution in [3.8, 4) is 11.3 Å². The zero-order valence-corrected chi connectivity index (χ0v) is 16.3. The molecule has 2 saturated heterocycles. The molecular formula is C20H25N7O2. The first kappa shape index (κ1) is 18.4. The van der Waals surface area contributed by atoms with Crippen LogP contribution in [-0.2, 0) is 9.47 Å². The zero-order valence-electron chi connectivity index (χ0n) is 16.3. The fourth-order valence-electron chi connectivity index (χ4n) is 3.82. The van der Waals surface area contributed by atoms with E-state index in [4.69, 9.17) is 14.5 Å². The minimum atomic E-state index is 0.109. The number of nitrogens with one attached hydrogen (secondary N) is 2. The molecule has 5 heterocycles. The second-order valence-corrected chi connectivity index (χ2v) is 7.41. The molecular weight excluding hydrogens is 370 g/mol. The van der Waals surface area contributed by atoms with Gasteiger partial charge in [0.2, 0.25) is 0 Å². The summed E-state index contributed by atoms with van der Waals surface area (Å²) < 4.78 is 13.3. The molecule has 0 saturated carbocycles. The van der Waals surface area contributed by atoms with Gasteiger partial charge in [-0.1, -0.05) is 0 Å². The summed E-state index contributed by atoms with van der Waals surface area (Å²) in [6.45, 7) is 4.69. The Morgan fingerprint density at radius 2 is 2.07 bits per heavy atom. The van der Waals surface area contributed by atoms with E-state index < -0.39 is 0 Å². The van der Waals surface area contributed by atoms with Crippen LogP contribution in [0.4, 0.5) is 5.82 Å². The van der Waals surface area contributed by atoms with E-state index in [9.17, 15) is 0 Å². The molecule has 2 aliphatic heterocycles. The number of morpholine rings is 1. The van der Waals surface area contributed by atoms with Gasteiger partial charge >= 0.3 is 0 Å². The van der Waals surface area contributed by atoms with Crippen molar-refractivity contribution in [2.75, 3.05) is 44.8 Å². The molecule has 9 heteroatoms. The molecule has 3 aromatic rings. The van der Waals surface area contributed by atoms with Crippen molar-refractivity contribution in [1.29, 1.82) is 0 Å². The summed E-state index contributed by atoms with van der Waals surface area (Å²) >= 11 is 0. The van der Waals surface area contributed by atoms with E-state index in [1.165, 1.54) is 0 Å². The minimum absolute atomic E-state index is 0.109. The van der Waals surface area contributed by atoms with Gasteiger partial charge in [-0.05, 0) is 18.9 Å². The van der Waals surface area contributed by atoms with Gasteiger partial charge in [0.25, 0.3) is 0 Å². The average Bonchev–Trinajstić information content (AvgIpc) is 3.29. The van der Waals surface area contributed by atoms with Crippen LogP contribution in [0.2, 0.25) is 0 Å². The van der Waals surface area contributed by atoms with Crippen molar-refractivity contribution in [3.05, 3.63) is 30.9 Å². The fraction of sp³-hybridized carbons (Fsp3) is 0.500. The largest absolute Gasteiger partial charge is 0.381 e. The Morgan fingerprint density at radius 3 is 2.93 bits per heavy atom. The van der Waals surface area contributed by atoms with Crippen molar-refractivity contribution >= 4 is 16.9 Å². The van der Waals surface area contributed by atoms with Gasteiger partial charge in [-0.3, -0.25) is 9.67 Å². The lowest BCUT2D eigenvalue weighted by Gasteiger charge is -2.24. The number of fused-ring (bicyclic) bond motifs is 1. The van der Waals surface area contributed by atoms with Crippen LogP contribution < -0.4 is 10.6 Å². The monoisotopic (exact) mass is 395 g/mol. The third-order valence-corrected chi connectivity index (χ3v) is 5.42. The highest BCUT2D eigenvalue weighted by molar-refractivity contribution is 5.88. The predicted octanol–water partition coefficient (Wildman–Crippen LogP) is 1.64. The number of pyridine rings is 1. The molecule has 29 heavy (non-hydrogen) atoms. The van der Waals surface area contributed by atoms with Crippen molar-refractivity contribution in [1.82, 2.24) is 30.0 Å². The number of rotatable bonds is 5. The third-order valence-electron chi connectivity index (χ3n) is 5.42. The summed E-state index contributed by atoms with van der Waals surface area (Å²) in [6, 6.07) is 2.35. The SMILES string of the molecule is c1cnc2c(NCC3CNCCO3)nc(-c3cnn(C4CCOCC4)c3)cc2n1. The van der Waals surface area contributed by atoms with Gasteiger partial charge in [0.05, 0.1) is 36.2 Å². The molecule has 0 bridgehead atoms. The van der Waals surface area contributed by atoms with Crippen molar-refractivity contribution in [3.63, 3.8) is 0 Å². The molecule has 5 rings (SSSR count). The summed E-state index contributed by atoms with van der Waals surface area (Å²) in [6.07, 6.45) is 9.42. The molecule has 2 fully saturated rings. The molecule has 3 aromatic heterocycles. The lowest BCUT2D eigenvalue weighted by Crippen LogP contribution is -2.42. The standard InChI is InChI=1S/C20H25N7O2/c1-6-28-7-2-15(1)27-13-14(10-25-27)17-9-18-19(23-4-3-22-18)20(26-17)24-12-16-11-21-5-8-29-16/h3-4,9-10,13,15-16,21H,1-2,5-8,11-12H2,(H,24,26). The summed E-state index contributed by atoms with van der Waals surface area (Å²) in [5, 5.41) is 11.3. The van der Waals surface area contributed by atoms with Crippen molar-refractivity contribution < 1.29 is 9.47 Å². The van der Waals surface area contributed by atoms with Crippen LogP contribution in [0.3, 0.4) is 0 Å². The molecule has 152 valence electrons. The topological polar surface area (TPSA) is 99.0 Å². The minimum Gasteiger partial charge on any atom is -0.381 e. The fourth-order valence-corrected chi connectivity index (χ4v) is 3.82. The van der Waals surface area contributed by atoms with Gasteiger partial charge in [0.1, 0.15) is 5.52 Å². The van der Waals surface area contributed by atoms with E-state index in [1.54, 1.807) is 12.4 Å². The number of aromatic nitrogens is 5. The Labute approximate surface area is 168 Å². The second-order valence-electron chi connectivity index (χ2n) is 7.41. The van der Waals surface area contributed by atoms with Crippen LogP contribution in [0.15, 0.2) is 30.9 Å². The average molecular weight is 395 g/mol.